The molecule has 1 N–H and O–H groups in total. The van der Waals surface area contributed by atoms with Crippen LogP contribution in [-0.4, -0.2) is 23.3 Å². The minimum absolute atomic E-state index is 0.0851. The summed E-state index contributed by atoms with van der Waals surface area (Å²) < 4.78 is 5.27. The van der Waals surface area contributed by atoms with Gasteiger partial charge in [0.1, 0.15) is 0 Å². The second-order valence-electron chi connectivity index (χ2n) is 7.44. The highest BCUT2D eigenvalue weighted by Gasteiger charge is 2.43. The van der Waals surface area contributed by atoms with Crippen molar-refractivity contribution in [2.45, 2.75) is 46.5 Å². The maximum atomic E-state index is 13.0. The lowest BCUT2D eigenvalue weighted by molar-refractivity contribution is -0.138. The van der Waals surface area contributed by atoms with Gasteiger partial charge in [0.05, 0.1) is 12.2 Å². The highest BCUT2D eigenvalue weighted by Crippen LogP contribution is 2.46. The molecule has 5 heteroatoms. The van der Waals surface area contributed by atoms with Gasteiger partial charge in [0.15, 0.2) is 5.78 Å². The van der Waals surface area contributed by atoms with Gasteiger partial charge in [-0.3, -0.25) is 9.78 Å². The molecule has 132 valence electrons. The first-order valence-corrected chi connectivity index (χ1v) is 8.65. The number of pyridine rings is 1. The number of nitrogens with one attached hydrogen (secondary N) is 1. The fourth-order valence-corrected chi connectivity index (χ4v) is 3.80. The number of ketones is 1. The quantitative estimate of drug-likeness (QED) is 0.856. The summed E-state index contributed by atoms with van der Waals surface area (Å²) in [5, 5.41) is 3.31. The van der Waals surface area contributed by atoms with Crippen LogP contribution in [0, 0.1) is 5.41 Å². The van der Waals surface area contributed by atoms with Crippen LogP contribution in [-0.2, 0) is 14.3 Å². The zero-order chi connectivity index (χ0) is 18.2. The summed E-state index contributed by atoms with van der Waals surface area (Å²) in [6.07, 6.45) is 4.66. The highest BCUT2D eigenvalue weighted by molar-refractivity contribution is 6.04. The van der Waals surface area contributed by atoms with Gasteiger partial charge in [0.25, 0.3) is 0 Å². The van der Waals surface area contributed by atoms with E-state index in [4.69, 9.17) is 4.74 Å². The van der Waals surface area contributed by atoms with Gasteiger partial charge in [-0.2, -0.15) is 0 Å². The number of carbonyl (C=O) groups excluding carboxylic acids is 2. The minimum Gasteiger partial charge on any atom is -0.463 e. The number of hydrogen-bond donors (Lipinski definition) is 1. The molecule has 1 atom stereocenters. The van der Waals surface area contributed by atoms with E-state index in [1.54, 1.807) is 19.3 Å². The molecule has 0 fully saturated rings. The Bertz CT molecular complexity index is 775. The van der Waals surface area contributed by atoms with Crippen molar-refractivity contribution in [1.82, 2.24) is 10.3 Å². The van der Waals surface area contributed by atoms with Gasteiger partial charge in [-0.1, -0.05) is 19.9 Å². The third kappa shape index (κ3) is 3.23. The molecule has 0 saturated carbocycles. The van der Waals surface area contributed by atoms with Crippen LogP contribution >= 0.6 is 0 Å². The molecule has 5 nitrogen and oxygen atoms in total. The number of allylic oxidation sites excluding steroid dienone is 3. The molecule has 0 spiro atoms. The van der Waals surface area contributed by atoms with Crippen LogP contribution in [0.15, 0.2) is 47.1 Å². The van der Waals surface area contributed by atoms with Crippen molar-refractivity contribution in [1.29, 1.82) is 0 Å². The van der Waals surface area contributed by atoms with E-state index in [1.165, 1.54) is 0 Å². The lowest BCUT2D eigenvalue weighted by Gasteiger charge is -2.39. The van der Waals surface area contributed by atoms with E-state index in [0.717, 1.165) is 23.4 Å². The topological polar surface area (TPSA) is 68.3 Å². The summed E-state index contributed by atoms with van der Waals surface area (Å²) in [7, 11) is 0. The fraction of sp³-hybridized carbons (Fsp3) is 0.450. The van der Waals surface area contributed by atoms with E-state index < -0.39 is 5.92 Å². The van der Waals surface area contributed by atoms with Crippen LogP contribution in [0.5, 0.6) is 0 Å². The summed E-state index contributed by atoms with van der Waals surface area (Å²) in [6.45, 7) is 8.13. The molecule has 2 heterocycles. The lowest BCUT2D eigenvalue weighted by atomic mass is 9.69. The van der Waals surface area contributed by atoms with Gasteiger partial charge in [-0.15, -0.1) is 0 Å². The summed E-state index contributed by atoms with van der Waals surface area (Å²) in [6, 6.07) is 3.74. The molecular weight excluding hydrogens is 316 g/mol. The Kier molecular flexibility index (Phi) is 4.50. The maximum absolute atomic E-state index is 13.0. The number of esters is 1. The van der Waals surface area contributed by atoms with E-state index in [2.05, 4.69) is 24.1 Å². The Morgan fingerprint density at radius 3 is 2.80 bits per heavy atom. The first-order chi connectivity index (χ1) is 11.8. The van der Waals surface area contributed by atoms with Crippen LogP contribution in [0.4, 0.5) is 0 Å². The highest BCUT2D eigenvalue weighted by atomic mass is 16.5. The number of ether oxygens (including phenoxy) is 1. The van der Waals surface area contributed by atoms with Crippen molar-refractivity contribution in [3.8, 4) is 0 Å². The molecule has 3 rings (SSSR count). The average Bonchev–Trinajstić information content (AvgIpc) is 2.53. The number of rotatable bonds is 3. The minimum atomic E-state index is -0.424. The summed E-state index contributed by atoms with van der Waals surface area (Å²) >= 11 is 0. The lowest BCUT2D eigenvalue weighted by Crippen LogP contribution is -2.38. The Morgan fingerprint density at radius 2 is 2.16 bits per heavy atom. The number of Topliss-reactive ketones (excluding diaryl/α,β-unsaturated/α-hetero) is 1. The second-order valence-corrected chi connectivity index (χ2v) is 7.44. The van der Waals surface area contributed by atoms with Crippen LogP contribution in [0.3, 0.4) is 0 Å². The molecule has 1 unspecified atom stereocenters. The molecule has 1 aromatic heterocycles. The van der Waals surface area contributed by atoms with Gasteiger partial charge < -0.3 is 10.1 Å². The van der Waals surface area contributed by atoms with Crippen LogP contribution in [0.25, 0.3) is 0 Å². The van der Waals surface area contributed by atoms with Gasteiger partial charge in [0, 0.05) is 41.7 Å². The molecule has 1 aliphatic heterocycles. The Labute approximate surface area is 148 Å². The van der Waals surface area contributed by atoms with E-state index in [0.29, 0.717) is 24.2 Å². The van der Waals surface area contributed by atoms with Crippen molar-refractivity contribution in [2.24, 2.45) is 5.41 Å². The predicted octanol–water partition coefficient (Wildman–Crippen LogP) is 3.25. The first-order valence-electron chi connectivity index (χ1n) is 8.65. The first kappa shape index (κ1) is 17.4. The Balaban J connectivity index is 2.16. The molecule has 1 aromatic rings. The molecule has 0 amide bonds. The molecule has 25 heavy (non-hydrogen) atoms. The summed E-state index contributed by atoms with van der Waals surface area (Å²) in [5.41, 5.74) is 3.59. The summed E-state index contributed by atoms with van der Waals surface area (Å²) in [4.78, 5) is 29.8. The number of dihydropyridines is 1. The monoisotopic (exact) mass is 340 g/mol. The van der Waals surface area contributed by atoms with Crippen molar-refractivity contribution < 1.29 is 14.3 Å². The second kappa shape index (κ2) is 6.47. The van der Waals surface area contributed by atoms with Crippen molar-refractivity contribution in [3.05, 3.63) is 52.6 Å². The normalized spacial score (nSPS) is 22.4. The number of aromatic nitrogens is 1. The van der Waals surface area contributed by atoms with Gasteiger partial charge >= 0.3 is 5.97 Å². The molecule has 0 bridgehead atoms. The van der Waals surface area contributed by atoms with E-state index in [1.807, 2.05) is 19.1 Å². The Hall–Kier alpha value is -2.43. The zero-order valence-corrected chi connectivity index (χ0v) is 15.2. The van der Waals surface area contributed by atoms with Crippen molar-refractivity contribution in [2.75, 3.05) is 6.61 Å². The standard InChI is InChI=1S/C20H24N2O3/c1-5-25-19(24)16-12(2)22-14-9-20(3,4)10-15(23)18(14)17(16)13-7-6-8-21-11-13/h6-8,11,17,22H,5,9-10H2,1-4H3. The SMILES string of the molecule is CCOC(=O)C1=C(C)NC2=C(C(=O)CC(C)(C)C2)C1c1cccnc1. The van der Waals surface area contributed by atoms with Gasteiger partial charge in [-0.05, 0) is 37.3 Å². The zero-order valence-electron chi connectivity index (χ0n) is 15.2. The number of carbonyl (C=O) groups is 2. The molecule has 2 aliphatic rings. The summed E-state index contributed by atoms with van der Waals surface area (Å²) in [5.74, 6) is -0.722. The van der Waals surface area contributed by atoms with E-state index in [9.17, 15) is 9.59 Å². The van der Waals surface area contributed by atoms with Gasteiger partial charge in [-0.25, -0.2) is 4.79 Å². The maximum Gasteiger partial charge on any atom is 0.336 e. The third-order valence-corrected chi connectivity index (χ3v) is 4.75. The molecular formula is C20H24N2O3. The van der Waals surface area contributed by atoms with Crippen molar-refractivity contribution in [3.63, 3.8) is 0 Å². The molecule has 0 saturated heterocycles. The third-order valence-electron chi connectivity index (χ3n) is 4.75. The van der Waals surface area contributed by atoms with Crippen LogP contribution in [0.1, 0.15) is 52.0 Å². The average molecular weight is 340 g/mol. The fourth-order valence-electron chi connectivity index (χ4n) is 3.80. The van der Waals surface area contributed by atoms with Crippen molar-refractivity contribution >= 4 is 11.8 Å². The van der Waals surface area contributed by atoms with Gasteiger partial charge in [0.2, 0.25) is 0 Å². The van der Waals surface area contributed by atoms with E-state index >= 15 is 0 Å². The molecule has 0 radical (unpaired) electrons. The van der Waals surface area contributed by atoms with E-state index in [-0.39, 0.29) is 17.2 Å². The molecule has 1 aliphatic carbocycles. The van der Waals surface area contributed by atoms with Crippen LogP contribution in [0.2, 0.25) is 0 Å². The smallest absolute Gasteiger partial charge is 0.336 e. The number of nitrogens with zero attached hydrogens (tertiary/aromatic N) is 1. The predicted molar refractivity (Wildman–Crippen MR) is 94.5 cm³/mol. The van der Waals surface area contributed by atoms with Crippen LogP contribution < -0.4 is 5.32 Å². The largest absolute Gasteiger partial charge is 0.463 e. The Morgan fingerprint density at radius 1 is 1.40 bits per heavy atom. The molecule has 0 aromatic carbocycles. The number of hydrogen-bond acceptors (Lipinski definition) is 5.